The molecule has 0 aliphatic carbocycles. The minimum Gasteiger partial charge on any atom is -0.481 e. The van der Waals surface area contributed by atoms with E-state index in [0.29, 0.717) is 24.9 Å². The first kappa shape index (κ1) is 23.7. The Morgan fingerprint density at radius 1 is 1.20 bits per heavy atom. The quantitative estimate of drug-likeness (QED) is 0.608. The van der Waals surface area contributed by atoms with Gasteiger partial charge in [-0.05, 0) is 69.6 Å². The Kier molecular flexibility index (Phi) is 8.69. The van der Waals surface area contributed by atoms with Crippen LogP contribution in [-0.4, -0.2) is 54.9 Å². The molecule has 7 heteroatoms. The van der Waals surface area contributed by atoms with Crippen molar-refractivity contribution in [2.45, 2.75) is 58.5 Å². The van der Waals surface area contributed by atoms with Crippen LogP contribution in [0.2, 0.25) is 0 Å². The predicted molar refractivity (Wildman–Crippen MR) is 115 cm³/mol. The van der Waals surface area contributed by atoms with Crippen LogP contribution >= 0.6 is 0 Å². The fourth-order valence-corrected chi connectivity index (χ4v) is 3.44. The smallest absolute Gasteiger partial charge is 0.410 e. The fourth-order valence-electron chi connectivity index (χ4n) is 3.44. The Morgan fingerprint density at radius 3 is 2.43 bits per heavy atom. The summed E-state index contributed by atoms with van der Waals surface area (Å²) in [7, 11) is 2.98. The Balaban J connectivity index is 1.94. The normalized spacial score (nSPS) is 15.6. The molecule has 2 rings (SSSR count). The van der Waals surface area contributed by atoms with Gasteiger partial charge >= 0.3 is 12.1 Å². The van der Waals surface area contributed by atoms with Gasteiger partial charge in [0.05, 0.1) is 20.6 Å². The van der Waals surface area contributed by atoms with E-state index in [0.717, 1.165) is 36.8 Å². The van der Waals surface area contributed by atoms with E-state index < -0.39 is 5.60 Å². The van der Waals surface area contributed by atoms with Gasteiger partial charge in [-0.2, -0.15) is 0 Å². The average molecular weight is 419 g/mol. The van der Waals surface area contributed by atoms with Crippen molar-refractivity contribution in [1.82, 2.24) is 9.88 Å². The maximum atomic E-state index is 12.2. The summed E-state index contributed by atoms with van der Waals surface area (Å²) in [6.45, 7) is 7.07. The van der Waals surface area contributed by atoms with Crippen LogP contribution in [-0.2, 0) is 14.3 Å². The molecule has 0 aromatic carbocycles. The monoisotopic (exact) mass is 418 g/mol. The van der Waals surface area contributed by atoms with E-state index in [1.807, 2.05) is 39.0 Å². The molecule has 1 fully saturated rings. The number of rotatable bonds is 7. The van der Waals surface area contributed by atoms with E-state index in [4.69, 9.17) is 14.2 Å². The number of hydrogen-bond acceptors (Lipinski definition) is 6. The van der Waals surface area contributed by atoms with Gasteiger partial charge in [-0.1, -0.05) is 6.08 Å². The molecule has 2 heterocycles. The highest BCUT2D eigenvalue weighted by Gasteiger charge is 2.26. The third-order valence-electron chi connectivity index (χ3n) is 5.15. The number of hydrogen-bond donors (Lipinski definition) is 0. The Morgan fingerprint density at radius 2 is 1.90 bits per heavy atom. The Labute approximate surface area is 179 Å². The summed E-state index contributed by atoms with van der Waals surface area (Å²) >= 11 is 0. The van der Waals surface area contributed by atoms with Crippen molar-refractivity contribution < 1.29 is 23.8 Å². The molecule has 0 saturated carbocycles. The molecule has 0 bridgehead atoms. The standard InChI is InChI=1S/C23H34N2O5/c1-23(2,3)30-22(27)25-14-12-17(13-15-25)6-7-18(9-11-21(26)29-5)19-8-10-20(28-4)24-16-19/h8-10,16-17H,6-7,11-15H2,1-5H3/b18-9-. The molecular formula is C23H34N2O5. The number of aromatic nitrogens is 1. The number of amides is 1. The number of nitrogens with zero attached hydrogens (tertiary/aromatic N) is 2. The highest BCUT2D eigenvalue weighted by atomic mass is 16.6. The van der Waals surface area contributed by atoms with Gasteiger partial charge in [0.1, 0.15) is 5.60 Å². The lowest BCUT2D eigenvalue weighted by atomic mass is 9.89. The minimum absolute atomic E-state index is 0.231. The van der Waals surface area contributed by atoms with Crippen LogP contribution in [0.15, 0.2) is 24.4 Å². The van der Waals surface area contributed by atoms with Crippen LogP contribution in [0.3, 0.4) is 0 Å². The lowest BCUT2D eigenvalue weighted by Crippen LogP contribution is -2.41. The van der Waals surface area contributed by atoms with Gasteiger partial charge in [0.2, 0.25) is 5.88 Å². The number of ether oxygens (including phenoxy) is 3. The number of methoxy groups -OCH3 is 2. The van der Waals surface area contributed by atoms with Crippen LogP contribution < -0.4 is 4.74 Å². The van der Waals surface area contributed by atoms with Gasteiger partial charge in [-0.3, -0.25) is 4.79 Å². The number of esters is 1. The predicted octanol–water partition coefficient (Wildman–Crippen LogP) is 4.46. The van der Waals surface area contributed by atoms with E-state index in [-0.39, 0.29) is 18.5 Å². The zero-order chi connectivity index (χ0) is 22.1. The summed E-state index contributed by atoms with van der Waals surface area (Å²) in [5.41, 5.74) is 1.58. The van der Waals surface area contributed by atoms with Crippen molar-refractivity contribution in [3.05, 3.63) is 30.0 Å². The van der Waals surface area contributed by atoms with Gasteiger partial charge in [0, 0.05) is 25.4 Å². The van der Waals surface area contributed by atoms with Crippen LogP contribution in [0, 0.1) is 5.92 Å². The molecule has 7 nitrogen and oxygen atoms in total. The highest BCUT2D eigenvalue weighted by molar-refractivity contribution is 5.75. The van der Waals surface area contributed by atoms with Crippen molar-refractivity contribution in [3.63, 3.8) is 0 Å². The lowest BCUT2D eigenvalue weighted by molar-refractivity contribution is -0.139. The molecule has 30 heavy (non-hydrogen) atoms. The number of carbonyl (C=O) groups is 2. The molecule has 0 atom stereocenters. The summed E-state index contributed by atoms with van der Waals surface area (Å²) in [6, 6.07) is 3.78. The van der Waals surface area contributed by atoms with Gasteiger partial charge in [-0.25, -0.2) is 9.78 Å². The lowest BCUT2D eigenvalue weighted by Gasteiger charge is -2.33. The Bertz CT molecular complexity index is 729. The maximum Gasteiger partial charge on any atom is 0.410 e. The first-order chi connectivity index (χ1) is 14.2. The fraction of sp³-hybridized carbons (Fsp3) is 0.609. The number of pyridine rings is 1. The van der Waals surface area contributed by atoms with Gasteiger partial charge in [0.15, 0.2) is 0 Å². The van der Waals surface area contributed by atoms with Gasteiger partial charge in [0.25, 0.3) is 0 Å². The topological polar surface area (TPSA) is 78.0 Å². The molecule has 0 N–H and O–H groups in total. The molecular weight excluding hydrogens is 384 g/mol. The Hall–Kier alpha value is -2.57. The van der Waals surface area contributed by atoms with Crippen molar-refractivity contribution in [2.24, 2.45) is 5.92 Å². The molecule has 0 unspecified atom stereocenters. The summed E-state index contributed by atoms with van der Waals surface area (Å²) < 4.78 is 15.4. The molecule has 1 aromatic heterocycles. The second-order valence-electron chi connectivity index (χ2n) is 8.55. The van der Waals surface area contributed by atoms with Crippen molar-refractivity contribution in [2.75, 3.05) is 27.3 Å². The molecule has 1 amide bonds. The largest absolute Gasteiger partial charge is 0.481 e. The maximum absolute atomic E-state index is 12.2. The highest BCUT2D eigenvalue weighted by Crippen LogP contribution is 2.29. The summed E-state index contributed by atoms with van der Waals surface area (Å²) in [5, 5.41) is 0. The first-order valence-electron chi connectivity index (χ1n) is 10.5. The molecule has 1 saturated heterocycles. The molecule has 1 aliphatic heterocycles. The van der Waals surface area contributed by atoms with E-state index in [1.165, 1.54) is 7.11 Å². The van der Waals surface area contributed by atoms with E-state index in [2.05, 4.69) is 4.98 Å². The third-order valence-corrected chi connectivity index (χ3v) is 5.15. The van der Waals surface area contributed by atoms with E-state index in [9.17, 15) is 9.59 Å². The van der Waals surface area contributed by atoms with Crippen LogP contribution in [0.5, 0.6) is 5.88 Å². The summed E-state index contributed by atoms with van der Waals surface area (Å²) in [4.78, 5) is 29.9. The van der Waals surface area contributed by atoms with Crippen molar-refractivity contribution in [1.29, 1.82) is 0 Å². The number of allylic oxidation sites excluding steroid dienone is 1. The van der Waals surface area contributed by atoms with E-state index >= 15 is 0 Å². The number of likely N-dealkylation sites (tertiary alicyclic amines) is 1. The summed E-state index contributed by atoms with van der Waals surface area (Å²) in [6.07, 6.45) is 7.41. The molecule has 0 radical (unpaired) electrons. The van der Waals surface area contributed by atoms with Gasteiger partial charge < -0.3 is 19.1 Å². The second-order valence-corrected chi connectivity index (χ2v) is 8.55. The van der Waals surface area contributed by atoms with Crippen molar-refractivity contribution >= 4 is 17.6 Å². The zero-order valence-electron chi connectivity index (χ0n) is 18.8. The molecule has 166 valence electrons. The van der Waals surface area contributed by atoms with Crippen molar-refractivity contribution in [3.8, 4) is 5.88 Å². The zero-order valence-corrected chi connectivity index (χ0v) is 18.8. The van der Waals surface area contributed by atoms with E-state index in [1.54, 1.807) is 18.2 Å². The number of carbonyl (C=O) groups excluding carboxylic acids is 2. The molecule has 0 spiro atoms. The SMILES string of the molecule is COC(=O)C/C=C(/CCC1CCN(C(=O)OC(C)(C)C)CC1)c1ccc(OC)nc1. The average Bonchev–Trinajstić information content (AvgIpc) is 2.73. The van der Waals surface area contributed by atoms with Gasteiger partial charge in [-0.15, -0.1) is 0 Å². The number of piperidine rings is 1. The van der Waals surface area contributed by atoms with Crippen LogP contribution in [0.1, 0.15) is 58.4 Å². The second kappa shape index (κ2) is 11.0. The minimum atomic E-state index is -0.473. The molecule has 1 aromatic rings. The van der Waals surface area contributed by atoms with Crippen LogP contribution in [0.4, 0.5) is 4.79 Å². The molecule has 1 aliphatic rings. The summed E-state index contributed by atoms with van der Waals surface area (Å²) in [5.74, 6) is 0.816. The first-order valence-corrected chi connectivity index (χ1v) is 10.5. The third kappa shape index (κ3) is 7.69. The van der Waals surface area contributed by atoms with Crippen LogP contribution in [0.25, 0.3) is 5.57 Å².